The lowest BCUT2D eigenvalue weighted by Gasteiger charge is -2.14. The summed E-state index contributed by atoms with van der Waals surface area (Å²) in [5, 5.41) is 0. The highest BCUT2D eigenvalue weighted by molar-refractivity contribution is 6.07. The summed E-state index contributed by atoms with van der Waals surface area (Å²) in [6.45, 7) is -3.01. The van der Waals surface area contributed by atoms with Gasteiger partial charge in [0.25, 0.3) is 0 Å². The highest BCUT2D eigenvalue weighted by Crippen LogP contribution is 2.39. The Labute approximate surface area is 156 Å². The van der Waals surface area contributed by atoms with E-state index in [-0.39, 0.29) is 23.0 Å². The standard InChI is InChI=1S/C20H21F2NO4/c1-23(2)15-8-6-14(7-9-15)16(24)10-5-13-11-17(25-3)19(27-20(21)22)18(12-13)26-4/h5-12,20H,1-4H3/b10-5+. The Balaban J connectivity index is 2.26. The molecule has 0 fully saturated rings. The summed E-state index contributed by atoms with van der Waals surface area (Å²) in [5.41, 5.74) is 2.07. The van der Waals surface area contributed by atoms with Crippen LogP contribution in [0, 0.1) is 0 Å². The van der Waals surface area contributed by atoms with Crippen molar-refractivity contribution in [2.75, 3.05) is 33.2 Å². The van der Waals surface area contributed by atoms with Gasteiger partial charge in [-0.3, -0.25) is 4.79 Å². The molecule has 7 heteroatoms. The molecule has 0 saturated heterocycles. The van der Waals surface area contributed by atoms with Crippen LogP contribution in [0.1, 0.15) is 15.9 Å². The number of allylic oxidation sites excluding steroid dienone is 1. The second kappa shape index (κ2) is 9.02. The van der Waals surface area contributed by atoms with Crippen LogP contribution in [0.25, 0.3) is 6.08 Å². The predicted molar refractivity (Wildman–Crippen MR) is 100 cm³/mol. The van der Waals surface area contributed by atoms with E-state index in [0.29, 0.717) is 11.1 Å². The minimum Gasteiger partial charge on any atom is -0.493 e. The smallest absolute Gasteiger partial charge is 0.387 e. The van der Waals surface area contributed by atoms with Gasteiger partial charge in [0.05, 0.1) is 14.2 Å². The van der Waals surface area contributed by atoms with E-state index in [2.05, 4.69) is 4.74 Å². The van der Waals surface area contributed by atoms with Crippen molar-refractivity contribution in [2.24, 2.45) is 0 Å². The average molecular weight is 377 g/mol. The van der Waals surface area contributed by atoms with Crippen LogP contribution < -0.4 is 19.1 Å². The van der Waals surface area contributed by atoms with E-state index in [9.17, 15) is 13.6 Å². The van der Waals surface area contributed by atoms with Gasteiger partial charge in [-0.25, -0.2) is 0 Å². The van der Waals surface area contributed by atoms with Gasteiger partial charge in [0.15, 0.2) is 17.3 Å². The Bertz CT molecular complexity index is 792. The number of ether oxygens (including phenoxy) is 3. The largest absolute Gasteiger partial charge is 0.493 e. The van der Waals surface area contributed by atoms with Crippen molar-refractivity contribution in [3.05, 3.63) is 53.6 Å². The Morgan fingerprint density at radius 2 is 1.59 bits per heavy atom. The lowest BCUT2D eigenvalue weighted by molar-refractivity contribution is -0.0526. The number of rotatable bonds is 8. The predicted octanol–water partition coefficient (Wildman–Crippen LogP) is 4.27. The van der Waals surface area contributed by atoms with Crippen molar-refractivity contribution >= 4 is 17.5 Å². The van der Waals surface area contributed by atoms with Crippen molar-refractivity contribution in [1.82, 2.24) is 0 Å². The van der Waals surface area contributed by atoms with Crippen LogP contribution in [-0.2, 0) is 0 Å². The molecule has 0 saturated carbocycles. The zero-order valence-corrected chi connectivity index (χ0v) is 15.5. The first-order chi connectivity index (χ1) is 12.8. The molecule has 27 heavy (non-hydrogen) atoms. The molecule has 0 aliphatic rings. The molecule has 0 spiro atoms. The summed E-state index contributed by atoms with van der Waals surface area (Å²) >= 11 is 0. The molecule has 0 aromatic heterocycles. The first-order valence-corrected chi connectivity index (χ1v) is 8.06. The van der Waals surface area contributed by atoms with Gasteiger partial charge in [-0.05, 0) is 48.0 Å². The number of alkyl halides is 2. The van der Waals surface area contributed by atoms with E-state index >= 15 is 0 Å². The second-order valence-electron chi connectivity index (χ2n) is 5.77. The Morgan fingerprint density at radius 3 is 2.04 bits per heavy atom. The lowest BCUT2D eigenvalue weighted by atomic mass is 10.1. The monoisotopic (exact) mass is 377 g/mol. The Hall–Kier alpha value is -3.09. The van der Waals surface area contributed by atoms with Crippen LogP contribution in [0.4, 0.5) is 14.5 Å². The van der Waals surface area contributed by atoms with Crippen LogP contribution in [-0.4, -0.2) is 40.7 Å². The fourth-order valence-electron chi connectivity index (χ4n) is 2.39. The third-order valence-corrected chi connectivity index (χ3v) is 3.79. The maximum atomic E-state index is 12.6. The van der Waals surface area contributed by atoms with Crippen molar-refractivity contribution < 1.29 is 27.8 Å². The first kappa shape index (κ1) is 20.2. The molecular formula is C20H21F2NO4. The van der Waals surface area contributed by atoms with Crippen molar-refractivity contribution in [3.63, 3.8) is 0 Å². The summed E-state index contributed by atoms with van der Waals surface area (Å²) in [4.78, 5) is 14.3. The summed E-state index contributed by atoms with van der Waals surface area (Å²) < 4.78 is 39.8. The van der Waals surface area contributed by atoms with Crippen molar-refractivity contribution in [3.8, 4) is 17.2 Å². The van der Waals surface area contributed by atoms with E-state index < -0.39 is 6.61 Å². The Kier molecular flexibility index (Phi) is 6.76. The average Bonchev–Trinajstić information content (AvgIpc) is 2.66. The van der Waals surface area contributed by atoms with Gasteiger partial charge in [0.1, 0.15) is 0 Å². The molecule has 144 valence electrons. The zero-order chi connectivity index (χ0) is 20.0. The number of methoxy groups -OCH3 is 2. The Morgan fingerprint density at radius 1 is 1.04 bits per heavy atom. The molecular weight excluding hydrogens is 356 g/mol. The molecule has 5 nitrogen and oxygen atoms in total. The number of halogens is 2. The van der Waals surface area contributed by atoms with Crippen LogP contribution in [0.5, 0.6) is 17.2 Å². The summed E-state index contributed by atoms with van der Waals surface area (Å²) in [6.07, 6.45) is 2.95. The fourth-order valence-corrected chi connectivity index (χ4v) is 2.39. The van der Waals surface area contributed by atoms with Gasteiger partial charge >= 0.3 is 6.61 Å². The number of hydrogen-bond donors (Lipinski definition) is 0. The van der Waals surface area contributed by atoms with E-state index in [0.717, 1.165) is 5.69 Å². The molecule has 0 amide bonds. The van der Waals surface area contributed by atoms with Crippen LogP contribution >= 0.6 is 0 Å². The molecule has 0 heterocycles. The number of ketones is 1. The zero-order valence-electron chi connectivity index (χ0n) is 15.5. The maximum Gasteiger partial charge on any atom is 0.387 e. The number of anilines is 1. The van der Waals surface area contributed by atoms with Gasteiger partial charge in [-0.2, -0.15) is 8.78 Å². The third kappa shape index (κ3) is 5.20. The van der Waals surface area contributed by atoms with Crippen LogP contribution in [0.15, 0.2) is 42.5 Å². The minimum atomic E-state index is -3.01. The number of carbonyl (C=O) groups is 1. The number of hydrogen-bond acceptors (Lipinski definition) is 5. The summed E-state index contributed by atoms with van der Waals surface area (Å²) in [7, 11) is 6.49. The fraction of sp³-hybridized carbons (Fsp3) is 0.250. The topological polar surface area (TPSA) is 48.0 Å². The minimum absolute atomic E-state index is 0.0806. The van der Waals surface area contributed by atoms with E-state index in [1.165, 1.54) is 32.4 Å². The van der Waals surface area contributed by atoms with Crippen LogP contribution in [0.2, 0.25) is 0 Å². The quantitative estimate of drug-likeness (QED) is 0.508. The normalized spacial score (nSPS) is 10.9. The summed E-state index contributed by atoms with van der Waals surface area (Å²) in [5.74, 6) is -0.224. The SMILES string of the molecule is COc1cc(/C=C/C(=O)c2ccc(N(C)C)cc2)cc(OC)c1OC(F)F. The van der Waals surface area contributed by atoms with Crippen molar-refractivity contribution in [1.29, 1.82) is 0 Å². The highest BCUT2D eigenvalue weighted by Gasteiger charge is 2.17. The van der Waals surface area contributed by atoms with Gasteiger partial charge in [0, 0.05) is 25.3 Å². The molecule has 2 aromatic rings. The van der Waals surface area contributed by atoms with Crippen LogP contribution in [0.3, 0.4) is 0 Å². The van der Waals surface area contributed by atoms with Gasteiger partial charge in [-0.1, -0.05) is 6.08 Å². The highest BCUT2D eigenvalue weighted by atomic mass is 19.3. The van der Waals surface area contributed by atoms with Gasteiger partial charge < -0.3 is 19.1 Å². The third-order valence-electron chi connectivity index (χ3n) is 3.79. The number of nitrogens with zero attached hydrogens (tertiary/aromatic N) is 1. The molecule has 0 bridgehead atoms. The van der Waals surface area contributed by atoms with E-state index in [1.807, 2.05) is 31.1 Å². The molecule has 0 unspecified atom stereocenters. The maximum absolute atomic E-state index is 12.6. The number of carbonyl (C=O) groups excluding carboxylic acids is 1. The van der Waals surface area contributed by atoms with Gasteiger partial charge in [0.2, 0.25) is 5.75 Å². The van der Waals surface area contributed by atoms with Gasteiger partial charge in [-0.15, -0.1) is 0 Å². The number of benzene rings is 2. The second-order valence-corrected chi connectivity index (χ2v) is 5.77. The molecule has 0 radical (unpaired) electrons. The lowest BCUT2D eigenvalue weighted by Crippen LogP contribution is -2.08. The molecule has 0 atom stereocenters. The molecule has 0 aliphatic carbocycles. The molecule has 0 N–H and O–H groups in total. The molecule has 0 aliphatic heterocycles. The van der Waals surface area contributed by atoms with E-state index in [1.54, 1.807) is 18.2 Å². The molecule has 2 aromatic carbocycles. The van der Waals surface area contributed by atoms with Crippen molar-refractivity contribution in [2.45, 2.75) is 6.61 Å². The molecule has 2 rings (SSSR count). The summed E-state index contributed by atoms with van der Waals surface area (Å²) in [6, 6.07) is 10.1. The van der Waals surface area contributed by atoms with E-state index in [4.69, 9.17) is 9.47 Å². The first-order valence-electron chi connectivity index (χ1n) is 8.06.